The van der Waals surface area contributed by atoms with Gasteiger partial charge in [0.2, 0.25) is 0 Å². The summed E-state index contributed by atoms with van der Waals surface area (Å²) in [5, 5.41) is 24.1. The van der Waals surface area contributed by atoms with Crippen LogP contribution in [0.5, 0.6) is 0 Å². The smallest absolute Gasteiger partial charge is 0.413 e. The number of aromatic nitrogens is 12. The molecule has 40 heteroatoms. The number of nitrogens with zero attached hydrogens (tertiary/aromatic N) is 12. The number of pyridine rings is 4. The van der Waals surface area contributed by atoms with Crippen LogP contribution >= 0.6 is 78.5 Å². The van der Waals surface area contributed by atoms with Gasteiger partial charge in [0, 0.05) is 62.1 Å². The summed E-state index contributed by atoms with van der Waals surface area (Å²) in [6.07, 6.45) is 11.1. The van der Waals surface area contributed by atoms with Crippen molar-refractivity contribution in [2.24, 2.45) is 21.7 Å². The fraction of sp³-hybridized carbons (Fsp3) is 0.406. The van der Waals surface area contributed by atoms with E-state index in [0.29, 0.717) is 57.8 Å². The maximum Gasteiger partial charge on any atom is 0.413 e. The Morgan fingerprint density at radius 2 is 0.697 bits per heavy atom. The number of fused-ring (bicyclic) bond motifs is 8. The standard InChI is InChI=1S/C16H16BrClN6O2.2C16H17ClN6O2.C12H12BrClN2O2.C9H14N4O2/c1-15(2)3-4-16(15)22-13(25)12-8(18)5-9(14(26)24(12)16)21-10-6-11(23-17)20-7-19-10;2*1-15(2)3-4-16(15)22-13(24)12-8(17)5-9(14(25)23(12)16)21-11-6-10(18)19-7-20-11;1-11(2)3-4-12(11)15-9(17)8-7(14)5-6(13)10(18)16(8)12;1-9(2,3)15-8(14)13-7-4-6(10)11-5-12-7/h5-7H,3-4H2,1-2H3,(H,22,25)(H2,19,20,21,23);2*5-7H,3-4H2,1-2H3,(H,22,24)(H3,18,19,20,21);5H,3-4H2,1-2H3,(H,15,17);4-5H,1-3H3,(H3,10,11,12,13,14). The van der Waals surface area contributed by atoms with Crippen LogP contribution in [0.1, 0.15) is 169 Å². The van der Waals surface area contributed by atoms with Crippen LogP contribution in [0.15, 0.2) is 97.5 Å². The molecule has 4 saturated carbocycles. The molecule has 8 aromatic heterocycles. The highest BCUT2D eigenvalue weighted by atomic mass is 79.9. The van der Waals surface area contributed by atoms with Crippen LogP contribution in [0, 0.1) is 21.7 Å². The highest BCUT2D eigenvalue weighted by Crippen LogP contribution is 2.59. The fourth-order valence-electron chi connectivity index (χ4n) is 14.7. The number of carbonyl (C=O) groups is 5. The Morgan fingerprint density at radius 1 is 0.422 bits per heavy atom. The van der Waals surface area contributed by atoms with Crippen LogP contribution in [0.2, 0.25) is 20.1 Å². The van der Waals surface area contributed by atoms with Crippen molar-refractivity contribution in [2.75, 3.05) is 42.8 Å². The van der Waals surface area contributed by atoms with Crippen molar-refractivity contribution in [1.82, 2.24) is 79.4 Å². The van der Waals surface area contributed by atoms with E-state index in [9.17, 15) is 43.2 Å². The zero-order chi connectivity index (χ0) is 79.4. The minimum atomic E-state index is -0.747. The van der Waals surface area contributed by atoms with E-state index in [1.54, 1.807) is 26.8 Å². The number of nitrogens with two attached hydrogens (primary N) is 3. The Labute approximate surface area is 658 Å². The molecule has 8 aliphatic rings. The summed E-state index contributed by atoms with van der Waals surface area (Å²) < 4.78 is 14.2. The number of amides is 5. The van der Waals surface area contributed by atoms with Crippen LogP contribution in [0.4, 0.5) is 68.4 Å². The molecule has 4 aliphatic heterocycles. The van der Waals surface area contributed by atoms with E-state index in [4.69, 9.17) is 68.3 Å². The molecule has 15 N–H and O–H groups in total. The van der Waals surface area contributed by atoms with Gasteiger partial charge in [0.25, 0.3) is 45.9 Å². The lowest BCUT2D eigenvalue weighted by atomic mass is 9.62. The molecule has 4 spiro atoms. The van der Waals surface area contributed by atoms with Crippen molar-refractivity contribution >= 4 is 172 Å². The number of carbonyl (C=O) groups excluding carboxylic acids is 5. The minimum absolute atomic E-state index is 0.151. The highest BCUT2D eigenvalue weighted by Gasteiger charge is 2.64. The Hall–Kier alpha value is -10.0. The first-order valence-electron chi connectivity index (χ1n) is 34.0. The van der Waals surface area contributed by atoms with Gasteiger partial charge in [-0.2, -0.15) is 0 Å². The minimum Gasteiger partial charge on any atom is -0.444 e. The van der Waals surface area contributed by atoms with Crippen molar-refractivity contribution < 1.29 is 28.7 Å². The van der Waals surface area contributed by atoms with Gasteiger partial charge in [0.1, 0.15) is 140 Å². The van der Waals surface area contributed by atoms with Gasteiger partial charge in [-0.25, -0.2) is 44.7 Å². The van der Waals surface area contributed by atoms with E-state index in [2.05, 4.69) is 119 Å². The van der Waals surface area contributed by atoms with E-state index in [0.717, 1.165) is 32.1 Å². The molecule has 109 heavy (non-hydrogen) atoms. The molecule has 8 aromatic rings. The molecule has 12 heterocycles. The predicted molar refractivity (Wildman–Crippen MR) is 418 cm³/mol. The lowest BCUT2D eigenvalue weighted by Gasteiger charge is -2.54. The van der Waals surface area contributed by atoms with Crippen molar-refractivity contribution in [3.63, 3.8) is 0 Å². The lowest BCUT2D eigenvalue weighted by Crippen LogP contribution is -2.63. The Kier molecular flexibility index (Phi) is 20.3. The van der Waals surface area contributed by atoms with Gasteiger partial charge in [0.05, 0.1) is 24.6 Å². The van der Waals surface area contributed by atoms with Crippen LogP contribution in [0.3, 0.4) is 0 Å². The van der Waals surface area contributed by atoms with Crippen molar-refractivity contribution in [1.29, 1.82) is 0 Å². The van der Waals surface area contributed by atoms with Gasteiger partial charge in [-0.1, -0.05) is 102 Å². The summed E-state index contributed by atoms with van der Waals surface area (Å²) in [6, 6.07) is 11.9. The molecular weight excluding hydrogens is 1630 g/mol. The summed E-state index contributed by atoms with van der Waals surface area (Å²) in [4.78, 5) is 144. The molecule has 16 rings (SSSR count). The first-order chi connectivity index (χ1) is 51.0. The molecule has 4 atom stereocenters. The molecule has 4 unspecified atom stereocenters. The lowest BCUT2D eigenvalue weighted by molar-refractivity contribution is -0.0504. The van der Waals surface area contributed by atoms with Crippen molar-refractivity contribution in [3.8, 4) is 0 Å². The second kappa shape index (κ2) is 28.1. The summed E-state index contributed by atoms with van der Waals surface area (Å²) in [5.41, 5.74) is 12.8. The molecular formula is C69H76Br2Cl4N24O10. The Bertz CT molecular complexity index is 5260. The average molecular weight is 1700 g/mol. The van der Waals surface area contributed by atoms with E-state index in [1.165, 1.54) is 86.0 Å². The van der Waals surface area contributed by atoms with E-state index < -0.39 is 34.3 Å². The van der Waals surface area contributed by atoms with Crippen LogP contribution in [-0.4, -0.2) is 93.5 Å². The van der Waals surface area contributed by atoms with Gasteiger partial charge in [0.15, 0.2) is 0 Å². The average Bonchev–Trinajstić information content (AvgIpc) is 1.58. The number of nitrogen functional groups attached to an aromatic ring is 3. The second-order valence-electron chi connectivity index (χ2n) is 30.7. The van der Waals surface area contributed by atoms with Gasteiger partial charge < -0.3 is 63.5 Å². The topological polar surface area (TPSA) is 472 Å². The highest BCUT2D eigenvalue weighted by molar-refractivity contribution is 9.10. The number of anilines is 11. The monoisotopic (exact) mass is 1700 g/mol. The molecule has 5 amide bonds. The first kappa shape index (κ1) is 78.6. The number of ether oxygens (including phenoxy) is 1. The number of nitrogens with one attached hydrogen (secondary N) is 9. The molecule has 0 saturated heterocycles. The fourth-order valence-corrected chi connectivity index (χ4v) is 16.6. The number of rotatable bonds is 8. The van der Waals surface area contributed by atoms with E-state index in [-0.39, 0.29) is 140 Å². The summed E-state index contributed by atoms with van der Waals surface area (Å²) in [6.45, 7) is 21.6. The van der Waals surface area contributed by atoms with Gasteiger partial charge in [-0.05, 0) is 112 Å². The van der Waals surface area contributed by atoms with Gasteiger partial charge in [-0.3, -0.25) is 61.9 Å². The molecule has 574 valence electrons. The van der Waals surface area contributed by atoms with E-state index in [1.807, 2.05) is 55.4 Å². The molecule has 4 aliphatic carbocycles. The zero-order valence-corrected chi connectivity index (χ0v) is 66.7. The van der Waals surface area contributed by atoms with Crippen molar-refractivity contribution in [2.45, 2.75) is 156 Å². The normalized spacial score (nSPS) is 22.1. The van der Waals surface area contributed by atoms with E-state index >= 15 is 0 Å². The third-order valence-electron chi connectivity index (χ3n) is 21.4. The largest absolute Gasteiger partial charge is 0.444 e. The number of hydrogen-bond donors (Lipinski definition) is 12. The van der Waals surface area contributed by atoms with Crippen LogP contribution in [-0.2, 0) is 27.4 Å². The van der Waals surface area contributed by atoms with Crippen LogP contribution < -0.4 is 86.3 Å². The third-order valence-corrected chi connectivity index (χ3v) is 23.5. The molecule has 0 aromatic carbocycles. The summed E-state index contributed by atoms with van der Waals surface area (Å²) in [5.74, 6) is 1.63. The quantitative estimate of drug-likeness (QED) is 0.0629. The zero-order valence-electron chi connectivity index (χ0n) is 60.5. The SMILES string of the molecule is CC(C)(C)OC(=O)Nc1cc(N)ncn1.CC1(C)CCC12NC(=O)c1c(Cl)cc(Br)c(=O)n12.CC1(C)CCC12NC(=O)c1c(Cl)cc(Nc3cc(N)ncn3)c(=O)n12.CC1(C)CCC12NC(=O)c1c(Cl)cc(Nc3cc(N)ncn3)c(=O)n12.CC1(C)CCC12NC(=O)c1c(Cl)cc(Nc3cc(NBr)ncn3)c(=O)n12. The van der Waals surface area contributed by atoms with Crippen LogP contribution in [0.25, 0.3) is 0 Å². The maximum absolute atomic E-state index is 13.2. The summed E-state index contributed by atoms with van der Waals surface area (Å²) in [7, 11) is 0. The van der Waals surface area contributed by atoms with Crippen molar-refractivity contribution in [3.05, 3.63) is 163 Å². The maximum atomic E-state index is 13.2. The Balaban J connectivity index is 0.000000129. The molecule has 0 radical (unpaired) electrons. The third kappa shape index (κ3) is 13.7. The first-order valence-corrected chi connectivity index (χ1v) is 37.1. The van der Waals surface area contributed by atoms with Gasteiger partial charge in [-0.15, -0.1) is 0 Å². The molecule has 4 fully saturated rings. The van der Waals surface area contributed by atoms with Gasteiger partial charge >= 0.3 is 6.09 Å². The predicted octanol–water partition coefficient (Wildman–Crippen LogP) is 10.5. The molecule has 34 nitrogen and oxygen atoms in total. The number of halogens is 6. The second-order valence-corrected chi connectivity index (χ2v) is 33.6. The summed E-state index contributed by atoms with van der Waals surface area (Å²) >= 11 is 31.4. The Morgan fingerprint density at radius 3 is 0.982 bits per heavy atom. The molecule has 0 bridgehead atoms. The number of hydrogen-bond acceptors (Lipinski definition) is 25.